The summed E-state index contributed by atoms with van der Waals surface area (Å²) < 4.78 is 75.9. The molecule has 0 saturated carbocycles. The Balaban J connectivity index is 2.06. The van der Waals surface area contributed by atoms with Gasteiger partial charge in [-0.1, -0.05) is 24.3 Å². The molecular formula is C20H17NO. The van der Waals surface area contributed by atoms with Gasteiger partial charge in [-0.3, -0.25) is 4.98 Å². The summed E-state index contributed by atoms with van der Waals surface area (Å²) in [6, 6.07) is 11.2. The number of pyridine rings is 1. The summed E-state index contributed by atoms with van der Waals surface area (Å²) in [5.74, 6) is 0. The Labute approximate surface area is 142 Å². The molecule has 0 saturated heterocycles. The van der Waals surface area contributed by atoms with Crippen LogP contribution in [0.1, 0.15) is 29.0 Å². The molecule has 0 aliphatic carbocycles. The van der Waals surface area contributed by atoms with Crippen molar-refractivity contribution < 1.29 is 16.8 Å². The lowest BCUT2D eigenvalue weighted by Gasteiger charge is -2.06. The fourth-order valence-corrected chi connectivity index (χ4v) is 2.63. The fraction of sp³-hybridized carbons (Fsp3) is 0.150. The Kier molecular flexibility index (Phi) is 1.42. The van der Waals surface area contributed by atoms with E-state index in [1.807, 2.05) is 0 Å². The summed E-state index contributed by atoms with van der Waals surface area (Å²) in [7, 11) is 0. The molecule has 0 spiro atoms. The maximum atomic E-state index is 7.90. The minimum absolute atomic E-state index is 0.103. The van der Waals surface area contributed by atoms with Crippen molar-refractivity contribution in [3.63, 3.8) is 0 Å². The molecule has 0 N–H and O–H groups in total. The number of hydrogen-bond acceptors (Lipinski definition) is 2. The highest BCUT2D eigenvalue weighted by Gasteiger charge is 2.15. The van der Waals surface area contributed by atoms with Crippen LogP contribution >= 0.6 is 0 Å². The summed E-state index contributed by atoms with van der Waals surface area (Å²) >= 11 is 0. The standard InChI is InChI=1S/C20H17NO/c1-12-8-9-15(17-10-13(2)14(3)11-21-17)20-19(12)16-6-4-5-7-18(16)22-20/h4-11H,1-3H3/i1D3,2D3,3D3. The topological polar surface area (TPSA) is 26.0 Å². The first-order valence-corrected chi connectivity index (χ1v) is 6.74. The van der Waals surface area contributed by atoms with Crippen LogP contribution in [0, 0.1) is 20.6 Å². The second-order valence-corrected chi connectivity index (χ2v) is 5.08. The van der Waals surface area contributed by atoms with Gasteiger partial charge in [0.2, 0.25) is 0 Å². The van der Waals surface area contributed by atoms with Gasteiger partial charge in [0.05, 0.1) is 5.69 Å². The number of benzene rings is 2. The second kappa shape index (κ2) is 4.70. The van der Waals surface area contributed by atoms with E-state index in [1.54, 1.807) is 24.3 Å². The number of hydrogen-bond donors (Lipinski definition) is 0. The zero-order valence-corrected chi connectivity index (χ0v) is 11.5. The van der Waals surface area contributed by atoms with Crippen molar-refractivity contribution in [3.8, 4) is 11.3 Å². The van der Waals surface area contributed by atoms with Crippen molar-refractivity contribution >= 4 is 21.9 Å². The van der Waals surface area contributed by atoms with Crippen LogP contribution in [-0.2, 0) is 0 Å². The van der Waals surface area contributed by atoms with Crippen molar-refractivity contribution in [2.45, 2.75) is 20.6 Å². The smallest absolute Gasteiger partial charge is 0.145 e. The average molecular weight is 296 g/mol. The molecule has 2 aromatic carbocycles. The van der Waals surface area contributed by atoms with Crippen molar-refractivity contribution in [1.82, 2.24) is 4.98 Å². The lowest BCUT2D eigenvalue weighted by molar-refractivity contribution is 0.669. The third-order valence-electron chi connectivity index (χ3n) is 3.71. The molecule has 0 radical (unpaired) electrons. The highest BCUT2D eigenvalue weighted by molar-refractivity contribution is 6.10. The van der Waals surface area contributed by atoms with Gasteiger partial charge < -0.3 is 4.42 Å². The Morgan fingerprint density at radius 1 is 0.955 bits per heavy atom. The lowest BCUT2D eigenvalue weighted by Crippen LogP contribution is -1.89. The molecule has 4 rings (SSSR count). The fourth-order valence-electron chi connectivity index (χ4n) is 2.63. The minimum Gasteiger partial charge on any atom is -0.455 e. The van der Waals surface area contributed by atoms with Crippen LogP contribution in [0.3, 0.4) is 0 Å². The van der Waals surface area contributed by atoms with Gasteiger partial charge in [0.25, 0.3) is 0 Å². The van der Waals surface area contributed by atoms with E-state index in [9.17, 15) is 0 Å². The van der Waals surface area contributed by atoms with Gasteiger partial charge in [-0.05, 0) is 55.4 Å². The van der Waals surface area contributed by atoms with E-state index in [1.165, 1.54) is 18.2 Å². The van der Waals surface area contributed by atoms with E-state index in [0.29, 0.717) is 21.9 Å². The second-order valence-electron chi connectivity index (χ2n) is 5.08. The maximum Gasteiger partial charge on any atom is 0.145 e. The first kappa shape index (κ1) is 6.66. The molecule has 22 heavy (non-hydrogen) atoms. The number of aromatic nitrogens is 1. The number of fused-ring (bicyclic) bond motifs is 3. The van der Waals surface area contributed by atoms with Gasteiger partial charge in [0.1, 0.15) is 11.2 Å². The molecule has 0 amide bonds. The van der Waals surface area contributed by atoms with Gasteiger partial charge in [0.15, 0.2) is 0 Å². The Morgan fingerprint density at radius 2 is 1.82 bits per heavy atom. The molecule has 0 atom stereocenters. The van der Waals surface area contributed by atoms with Crippen molar-refractivity contribution in [1.29, 1.82) is 0 Å². The van der Waals surface area contributed by atoms with Crippen molar-refractivity contribution in [2.24, 2.45) is 0 Å². The Hall–Kier alpha value is -2.61. The highest BCUT2D eigenvalue weighted by atomic mass is 16.3. The third kappa shape index (κ3) is 1.84. The Morgan fingerprint density at radius 3 is 2.68 bits per heavy atom. The number of nitrogens with zero attached hydrogens (tertiary/aromatic N) is 1. The van der Waals surface area contributed by atoms with Crippen LogP contribution in [0.2, 0.25) is 0 Å². The predicted molar refractivity (Wildman–Crippen MR) is 91.2 cm³/mol. The average Bonchev–Trinajstić information content (AvgIpc) is 3.04. The minimum atomic E-state index is -2.67. The number of furan rings is 1. The van der Waals surface area contributed by atoms with Gasteiger partial charge >= 0.3 is 0 Å². The van der Waals surface area contributed by atoms with E-state index in [-0.39, 0.29) is 28.0 Å². The molecule has 0 aliphatic heterocycles. The summed E-state index contributed by atoms with van der Waals surface area (Å²) in [6.07, 6.45) is 1.04. The number of para-hydroxylation sites is 1. The molecule has 0 aliphatic rings. The van der Waals surface area contributed by atoms with Crippen LogP contribution in [0.25, 0.3) is 33.2 Å². The van der Waals surface area contributed by atoms with Crippen molar-refractivity contribution in [2.75, 3.05) is 0 Å². The lowest BCUT2D eigenvalue weighted by atomic mass is 10.0. The molecule has 0 fully saturated rings. The van der Waals surface area contributed by atoms with Gasteiger partial charge in [0, 0.05) is 34.9 Å². The molecular weight excluding hydrogens is 270 g/mol. The van der Waals surface area contributed by atoms with E-state index in [0.717, 1.165) is 6.20 Å². The quantitative estimate of drug-likeness (QED) is 0.458. The molecule has 2 nitrogen and oxygen atoms in total. The largest absolute Gasteiger partial charge is 0.455 e. The molecule has 2 heterocycles. The van der Waals surface area contributed by atoms with E-state index < -0.39 is 20.6 Å². The van der Waals surface area contributed by atoms with Gasteiger partial charge in [-0.2, -0.15) is 0 Å². The first-order chi connectivity index (χ1) is 14.3. The molecule has 2 heteroatoms. The summed E-state index contributed by atoms with van der Waals surface area (Å²) in [4.78, 5) is 4.19. The van der Waals surface area contributed by atoms with E-state index >= 15 is 0 Å². The monoisotopic (exact) mass is 296 g/mol. The van der Waals surface area contributed by atoms with E-state index in [4.69, 9.17) is 16.8 Å². The molecule has 4 aromatic rings. The molecule has 2 aromatic heterocycles. The van der Waals surface area contributed by atoms with Gasteiger partial charge in [-0.15, -0.1) is 0 Å². The van der Waals surface area contributed by atoms with Crippen LogP contribution in [0.4, 0.5) is 0 Å². The first-order valence-electron chi connectivity index (χ1n) is 11.2. The molecule has 0 bridgehead atoms. The van der Waals surface area contributed by atoms with Crippen LogP contribution in [0.5, 0.6) is 0 Å². The number of aryl methyl sites for hydroxylation is 3. The zero-order valence-electron chi connectivity index (χ0n) is 20.5. The van der Waals surface area contributed by atoms with Crippen LogP contribution < -0.4 is 0 Å². The molecule has 108 valence electrons. The maximum absolute atomic E-state index is 7.90. The summed E-state index contributed by atoms with van der Waals surface area (Å²) in [5.41, 5.74) is 0.706. The third-order valence-corrected chi connectivity index (χ3v) is 3.71. The summed E-state index contributed by atoms with van der Waals surface area (Å²) in [6.45, 7) is -7.71. The number of rotatable bonds is 1. The van der Waals surface area contributed by atoms with Gasteiger partial charge in [-0.25, -0.2) is 0 Å². The van der Waals surface area contributed by atoms with Crippen molar-refractivity contribution in [3.05, 3.63) is 65.4 Å². The van der Waals surface area contributed by atoms with Crippen LogP contribution in [0.15, 0.2) is 53.1 Å². The zero-order chi connectivity index (χ0) is 22.8. The normalized spacial score (nSPS) is 19.2. The van der Waals surface area contributed by atoms with Crippen LogP contribution in [-0.4, -0.2) is 4.98 Å². The molecule has 0 unspecified atom stereocenters. The summed E-state index contributed by atoms with van der Waals surface area (Å²) in [5, 5.41) is 1.01. The predicted octanol–water partition coefficient (Wildman–Crippen LogP) is 5.57. The Bertz CT molecular complexity index is 1300. The SMILES string of the molecule is [2H]C([2H])([2H])c1cnc(-c2ccc(C([2H])([2H])[2H])c3c2oc2ccccc23)cc1C([2H])([2H])[2H]. The van der Waals surface area contributed by atoms with E-state index in [2.05, 4.69) is 4.98 Å². The highest BCUT2D eigenvalue weighted by Crippen LogP contribution is 2.37.